The predicted octanol–water partition coefficient (Wildman–Crippen LogP) is 5.03. The zero-order valence-electron chi connectivity index (χ0n) is 43.9. The molecular formula is C56H64N2O18S. The van der Waals surface area contributed by atoms with Crippen LogP contribution < -0.4 is 10.6 Å². The topological polar surface area (TPSA) is 294 Å². The lowest BCUT2D eigenvalue weighted by Gasteiger charge is -2.67. The van der Waals surface area contributed by atoms with Gasteiger partial charge < -0.3 is 54.4 Å². The van der Waals surface area contributed by atoms with Crippen molar-refractivity contribution in [3.05, 3.63) is 118 Å². The number of ether oxygens (including phenoxy) is 6. The van der Waals surface area contributed by atoms with E-state index in [4.69, 9.17) is 28.4 Å². The molecule has 77 heavy (non-hydrogen) atoms. The molecule has 3 fully saturated rings. The van der Waals surface area contributed by atoms with Crippen molar-refractivity contribution in [3.63, 3.8) is 0 Å². The molecule has 8 rings (SSSR count). The van der Waals surface area contributed by atoms with E-state index in [1.807, 2.05) is 0 Å². The van der Waals surface area contributed by atoms with Gasteiger partial charge in [0.1, 0.15) is 48.7 Å². The Balaban J connectivity index is 1.17. The van der Waals surface area contributed by atoms with Crippen LogP contribution in [0.2, 0.25) is 0 Å². The number of carbonyl (C=O) groups excluding carboxylic acids is 7. The third-order valence-corrected chi connectivity index (χ3v) is 17.7. The second-order valence-electron chi connectivity index (χ2n) is 22.1. The van der Waals surface area contributed by atoms with Gasteiger partial charge in [-0.1, -0.05) is 86.2 Å². The summed E-state index contributed by atoms with van der Waals surface area (Å²) in [5.74, 6) is -7.56. The highest BCUT2D eigenvalue weighted by molar-refractivity contribution is 7.95. The molecule has 0 unspecified atom stereocenters. The summed E-state index contributed by atoms with van der Waals surface area (Å²) in [5.41, 5.74) is -8.12. The number of aliphatic hydroxyl groups is 3. The van der Waals surface area contributed by atoms with Crippen molar-refractivity contribution in [2.24, 2.45) is 22.7 Å². The lowest BCUT2D eigenvalue weighted by Crippen LogP contribution is -2.81. The van der Waals surface area contributed by atoms with Crippen LogP contribution in [0, 0.1) is 22.7 Å². The lowest BCUT2D eigenvalue weighted by molar-refractivity contribution is -0.345. The van der Waals surface area contributed by atoms with Gasteiger partial charge in [-0.05, 0) is 87.9 Å². The van der Waals surface area contributed by atoms with Crippen LogP contribution in [0.3, 0.4) is 0 Å². The van der Waals surface area contributed by atoms with Gasteiger partial charge in [0.15, 0.2) is 23.3 Å². The van der Waals surface area contributed by atoms with E-state index in [0.29, 0.717) is 5.56 Å². The van der Waals surface area contributed by atoms with Gasteiger partial charge in [-0.2, -0.15) is 0 Å². The summed E-state index contributed by atoms with van der Waals surface area (Å²) in [6, 6.07) is 20.4. The van der Waals surface area contributed by atoms with Crippen molar-refractivity contribution >= 4 is 57.6 Å². The number of carbonyl (C=O) groups is 7. The van der Waals surface area contributed by atoms with Crippen LogP contribution in [0.25, 0.3) is 6.08 Å². The molecule has 21 heteroatoms. The molecule has 2 bridgehead atoms. The van der Waals surface area contributed by atoms with Crippen molar-refractivity contribution in [3.8, 4) is 0 Å². The largest absolute Gasteiger partial charge is 0.455 e. The summed E-state index contributed by atoms with van der Waals surface area (Å²) >= 11 is 0. The predicted molar refractivity (Wildman–Crippen MR) is 272 cm³/mol. The van der Waals surface area contributed by atoms with Gasteiger partial charge in [-0.15, -0.1) is 0 Å². The van der Waals surface area contributed by atoms with Crippen molar-refractivity contribution in [1.82, 2.24) is 10.6 Å². The number of sulfone groups is 1. The zero-order chi connectivity index (χ0) is 56.2. The van der Waals surface area contributed by atoms with Crippen molar-refractivity contribution < 1.29 is 85.7 Å². The van der Waals surface area contributed by atoms with Gasteiger partial charge in [0.05, 0.1) is 39.4 Å². The fourth-order valence-corrected chi connectivity index (χ4v) is 13.5. The Morgan fingerprint density at radius 1 is 0.896 bits per heavy atom. The summed E-state index contributed by atoms with van der Waals surface area (Å²) in [4.78, 5) is 98.6. The molecule has 1 saturated heterocycles. The van der Waals surface area contributed by atoms with E-state index < -0.39 is 154 Å². The molecule has 0 spiro atoms. The molecular weight excluding hydrogens is 1020 g/mol. The first-order valence-electron chi connectivity index (χ1n) is 25.2. The average Bonchev–Trinajstić information content (AvgIpc) is 3.66. The molecule has 3 aromatic carbocycles. The number of hydrogen-bond donors (Lipinski definition) is 5. The summed E-state index contributed by atoms with van der Waals surface area (Å²) in [5, 5.41) is 43.3. The minimum Gasteiger partial charge on any atom is -0.455 e. The highest BCUT2D eigenvalue weighted by atomic mass is 32.2. The Kier molecular flexibility index (Phi) is 15.3. The molecule has 5 aliphatic rings. The molecule has 0 aromatic heterocycles. The maximum absolute atomic E-state index is 15.4. The smallest absolute Gasteiger partial charge is 0.408 e. The van der Waals surface area contributed by atoms with Crippen molar-refractivity contribution in [2.45, 2.75) is 133 Å². The number of Topliss-reactive ketones (excluding diaryl/α,β-unsaturated/α-hetero) is 2. The summed E-state index contributed by atoms with van der Waals surface area (Å²) in [7, 11) is -3.96. The number of rotatable bonds is 14. The number of amides is 2. The van der Waals surface area contributed by atoms with Gasteiger partial charge in [-0.3, -0.25) is 19.2 Å². The number of ketones is 2. The van der Waals surface area contributed by atoms with Crippen LogP contribution in [0.5, 0.6) is 0 Å². The van der Waals surface area contributed by atoms with E-state index in [2.05, 4.69) is 10.6 Å². The van der Waals surface area contributed by atoms with E-state index in [1.165, 1.54) is 31.2 Å². The van der Waals surface area contributed by atoms with Crippen LogP contribution in [0.15, 0.2) is 106 Å². The summed E-state index contributed by atoms with van der Waals surface area (Å²) in [6.07, 6.45) is -10.7. The lowest BCUT2D eigenvalue weighted by atomic mass is 9.44. The highest BCUT2D eigenvalue weighted by Crippen LogP contribution is 2.65. The quantitative estimate of drug-likeness (QED) is 0.0804. The number of alkyl carbamates (subject to hydrolysis) is 2. The Morgan fingerprint density at radius 2 is 1.53 bits per heavy atom. The number of allylic oxidation sites excluding steroid dienone is 1. The van der Waals surface area contributed by atoms with Gasteiger partial charge in [0.25, 0.3) is 0 Å². The van der Waals surface area contributed by atoms with Gasteiger partial charge in [0, 0.05) is 25.2 Å². The number of benzene rings is 3. The van der Waals surface area contributed by atoms with Gasteiger partial charge >= 0.3 is 30.1 Å². The molecule has 11 atom stereocenters. The van der Waals surface area contributed by atoms with E-state index in [-0.39, 0.29) is 45.1 Å². The maximum Gasteiger partial charge on any atom is 0.408 e. The minimum absolute atomic E-state index is 0.0376. The molecule has 2 aliphatic heterocycles. The summed E-state index contributed by atoms with van der Waals surface area (Å²) in [6.45, 7) is 10.0. The number of fused-ring (bicyclic) bond motifs is 6. The molecule has 20 nitrogen and oxygen atoms in total. The minimum atomic E-state index is -3.96. The Hall–Kier alpha value is -6.78. The average molecular weight is 1090 g/mol. The Morgan fingerprint density at radius 3 is 2.14 bits per heavy atom. The molecule has 3 aliphatic carbocycles. The first-order chi connectivity index (χ1) is 36.1. The Labute approximate surface area is 445 Å². The second-order valence-corrected chi connectivity index (χ2v) is 24.0. The van der Waals surface area contributed by atoms with Crippen molar-refractivity contribution in [1.29, 1.82) is 0 Å². The Bertz CT molecular complexity index is 3040. The van der Waals surface area contributed by atoms with Crippen LogP contribution >= 0.6 is 0 Å². The van der Waals surface area contributed by atoms with Gasteiger partial charge in [0.2, 0.25) is 9.84 Å². The number of nitrogens with one attached hydrogen (secondary N) is 2. The van der Waals surface area contributed by atoms with E-state index in [0.717, 1.165) is 6.92 Å². The van der Waals surface area contributed by atoms with Crippen LogP contribution in [0.1, 0.15) is 102 Å². The molecule has 412 valence electrons. The van der Waals surface area contributed by atoms with Crippen LogP contribution in [-0.4, -0.2) is 132 Å². The normalized spacial score (nSPS) is 29.4. The van der Waals surface area contributed by atoms with Crippen molar-refractivity contribution in [2.75, 3.05) is 19.8 Å². The number of hydrogen-bond acceptors (Lipinski definition) is 18. The molecule has 2 heterocycles. The number of aliphatic hydroxyl groups excluding tert-OH is 2. The fraction of sp³-hybridized carbons (Fsp3) is 0.482. The molecule has 0 radical (unpaired) electrons. The first kappa shape index (κ1) is 56.4. The van der Waals surface area contributed by atoms with Crippen LogP contribution in [0.4, 0.5) is 9.59 Å². The first-order valence-corrected chi connectivity index (χ1v) is 26.7. The fourth-order valence-electron chi connectivity index (χ4n) is 12.0. The van der Waals surface area contributed by atoms with E-state index >= 15 is 9.59 Å². The van der Waals surface area contributed by atoms with E-state index in [1.54, 1.807) is 108 Å². The number of esters is 3. The van der Waals surface area contributed by atoms with Gasteiger partial charge in [-0.25, -0.2) is 22.8 Å². The molecule has 3 aromatic rings. The second kappa shape index (κ2) is 20.9. The van der Waals surface area contributed by atoms with E-state index in [9.17, 15) is 47.7 Å². The highest BCUT2D eigenvalue weighted by Gasteiger charge is 2.78. The molecule has 2 amide bonds. The third-order valence-electron chi connectivity index (χ3n) is 15.9. The monoisotopic (exact) mass is 1080 g/mol. The molecule has 2 saturated carbocycles. The zero-order valence-corrected chi connectivity index (χ0v) is 44.7. The van der Waals surface area contributed by atoms with Crippen LogP contribution in [-0.2, 0) is 57.4 Å². The third kappa shape index (κ3) is 10.3. The standard InChI is InChI=1S/C56H64N2O18S/c1-30-35(26-56(68)48(74-49(65)33-19-13-10-14-20-33)46-54(8,47(64)44(63)42(30)53(56,6)7)39(61)25-40-55(46,29-72-40)75-31(2)59)24-37(60)45(43(32-17-11-9-12-18-32)58-51(67)76-52(3,4)5)73-41(62)27-57-50(66)71-28-36-23-34-21-15-16-22-38(34)77(36,69)70/h9-23,35,39-40,43-46,48,61,63,68H,24-29H2,1-8H3,(H,57,66)(H,58,67)/t35-,39-,40+,43-,44+,45-,46-,48-,54+,55-,56+/m0/s1. The SMILES string of the molecule is CC(=O)O[C@@]12CO[C@@H]1C[C@H](O)[C@@]1(C)C(=O)[C@H](O)C3=C(C)[C@@H](CC(=O)[C@H](OC(=O)CNC(=O)OCC4=Cc5ccccc5S4(=O)=O)[C@@H](NC(=O)OC(C)(C)C)c4ccccc4)C[C@@](O)([C@@H](OC(=O)c4ccccc4)[C@H]21)C3(C)C. The summed E-state index contributed by atoms with van der Waals surface area (Å²) < 4.78 is 61.2. The molecule has 5 N–H and O–H groups in total. The maximum atomic E-state index is 15.4.